The molecule has 0 radical (unpaired) electrons. The first-order valence-corrected chi connectivity index (χ1v) is 8.20. The summed E-state index contributed by atoms with van der Waals surface area (Å²) in [4.78, 5) is 18.1. The summed E-state index contributed by atoms with van der Waals surface area (Å²) in [6.45, 7) is 0.790. The largest absolute Gasteiger partial charge is 0.334 e. The minimum atomic E-state index is -0.441. The lowest BCUT2D eigenvalue weighted by Crippen LogP contribution is -2.34. The number of nitrogens with zero attached hydrogens (tertiary/aromatic N) is 3. The summed E-state index contributed by atoms with van der Waals surface area (Å²) in [5.74, 6) is 1.27. The lowest BCUT2D eigenvalue weighted by Gasteiger charge is -2.17. The fraction of sp³-hybridized carbons (Fsp3) is 0.471. The zero-order valence-corrected chi connectivity index (χ0v) is 13.0. The average molecular weight is 312 g/mol. The Labute approximate surface area is 134 Å². The number of carbonyl (C=O) groups is 1. The number of carbonyl (C=O) groups excluding carboxylic acids is 1. The number of amides is 1. The summed E-state index contributed by atoms with van der Waals surface area (Å²) in [5, 5.41) is 4.08. The van der Waals surface area contributed by atoms with E-state index in [-0.39, 0.29) is 5.91 Å². The van der Waals surface area contributed by atoms with Crippen LogP contribution in [0.1, 0.15) is 44.3 Å². The first-order chi connectivity index (χ1) is 11.2. The molecular weight excluding hydrogens is 292 g/mol. The van der Waals surface area contributed by atoms with E-state index in [1.54, 1.807) is 0 Å². The van der Waals surface area contributed by atoms with Crippen molar-refractivity contribution in [2.45, 2.75) is 44.1 Å². The Bertz CT molecular complexity index is 716. The van der Waals surface area contributed by atoms with E-state index in [9.17, 15) is 4.79 Å². The fourth-order valence-electron chi connectivity index (χ4n) is 3.48. The van der Waals surface area contributed by atoms with E-state index in [1.807, 2.05) is 29.2 Å². The predicted octanol–water partition coefficient (Wildman–Crippen LogP) is 2.59. The van der Waals surface area contributed by atoms with Crippen molar-refractivity contribution < 1.29 is 9.32 Å². The van der Waals surface area contributed by atoms with Gasteiger partial charge in [0.1, 0.15) is 0 Å². The van der Waals surface area contributed by atoms with Crippen molar-refractivity contribution in [2.24, 2.45) is 5.73 Å². The van der Waals surface area contributed by atoms with E-state index >= 15 is 0 Å². The van der Waals surface area contributed by atoms with Gasteiger partial charge < -0.3 is 15.2 Å². The first kappa shape index (κ1) is 14.4. The standard InChI is InChI=1S/C17H20N4O2/c18-17(9-1-2-10-17)16-19-15(23-20-16)12-5-7-13(8-6-12)21-11-3-4-14(21)22/h5-8H,1-4,9-11,18H2. The van der Waals surface area contributed by atoms with E-state index < -0.39 is 5.54 Å². The van der Waals surface area contributed by atoms with Crippen molar-refractivity contribution >= 4 is 11.6 Å². The molecule has 120 valence electrons. The molecule has 1 aromatic carbocycles. The Morgan fingerprint density at radius 2 is 1.87 bits per heavy atom. The number of nitrogens with two attached hydrogens (primary N) is 1. The highest BCUT2D eigenvalue weighted by molar-refractivity contribution is 5.95. The molecular formula is C17H20N4O2. The SMILES string of the molecule is NC1(c2noc(-c3ccc(N4CCCC4=O)cc3)n2)CCCC1. The van der Waals surface area contributed by atoms with Crippen LogP contribution in [0.2, 0.25) is 0 Å². The van der Waals surface area contributed by atoms with Crippen molar-refractivity contribution in [1.82, 2.24) is 10.1 Å². The molecule has 1 aromatic heterocycles. The summed E-state index contributed by atoms with van der Waals surface area (Å²) in [6, 6.07) is 7.68. The van der Waals surface area contributed by atoms with Crippen LogP contribution >= 0.6 is 0 Å². The molecule has 1 amide bonds. The zero-order chi connectivity index (χ0) is 15.9. The van der Waals surface area contributed by atoms with Gasteiger partial charge in [-0.1, -0.05) is 18.0 Å². The molecule has 23 heavy (non-hydrogen) atoms. The molecule has 1 aliphatic carbocycles. The van der Waals surface area contributed by atoms with E-state index in [1.165, 1.54) is 0 Å². The lowest BCUT2D eigenvalue weighted by atomic mass is 9.99. The van der Waals surface area contributed by atoms with Gasteiger partial charge in [-0.25, -0.2) is 0 Å². The Balaban J connectivity index is 1.57. The minimum absolute atomic E-state index is 0.184. The van der Waals surface area contributed by atoms with Crippen LogP contribution in [-0.4, -0.2) is 22.6 Å². The highest BCUT2D eigenvalue weighted by Crippen LogP contribution is 2.35. The number of rotatable bonds is 3. The average Bonchev–Trinajstić information content (AvgIpc) is 3.28. The van der Waals surface area contributed by atoms with E-state index in [4.69, 9.17) is 10.3 Å². The van der Waals surface area contributed by atoms with Crippen molar-refractivity contribution in [3.8, 4) is 11.5 Å². The molecule has 4 rings (SSSR count). The highest BCUT2D eigenvalue weighted by atomic mass is 16.5. The molecule has 1 saturated heterocycles. The van der Waals surface area contributed by atoms with Crippen LogP contribution in [0.25, 0.3) is 11.5 Å². The summed E-state index contributed by atoms with van der Waals surface area (Å²) >= 11 is 0. The van der Waals surface area contributed by atoms with Gasteiger partial charge in [-0.05, 0) is 43.5 Å². The third kappa shape index (κ3) is 2.53. The maximum Gasteiger partial charge on any atom is 0.257 e. The van der Waals surface area contributed by atoms with Gasteiger partial charge >= 0.3 is 0 Å². The summed E-state index contributed by atoms with van der Waals surface area (Å²) in [7, 11) is 0. The quantitative estimate of drug-likeness (QED) is 0.941. The molecule has 0 atom stereocenters. The Morgan fingerprint density at radius 3 is 2.52 bits per heavy atom. The van der Waals surface area contributed by atoms with Gasteiger partial charge in [0.2, 0.25) is 5.91 Å². The maximum atomic E-state index is 11.8. The fourth-order valence-corrected chi connectivity index (χ4v) is 3.48. The second-order valence-corrected chi connectivity index (χ2v) is 6.48. The van der Waals surface area contributed by atoms with Gasteiger partial charge in [0, 0.05) is 24.2 Å². The molecule has 6 heteroatoms. The van der Waals surface area contributed by atoms with Crippen molar-refractivity contribution in [2.75, 3.05) is 11.4 Å². The molecule has 0 unspecified atom stereocenters. The summed E-state index contributed by atoms with van der Waals surface area (Å²) in [5.41, 5.74) is 7.69. The molecule has 1 aliphatic heterocycles. The third-order valence-corrected chi connectivity index (χ3v) is 4.87. The third-order valence-electron chi connectivity index (χ3n) is 4.87. The molecule has 0 bridgehead atoms. The zero-order valence-electron chi connectivity index (χ0n) is 13.0. The highest BCUT2D eigenvalue weighted by Gasteiger charge is 2.36. The van der Waals surface area contributed by atoms with Crippen molar-refractivity contribution in [3.05, 3.63) is 30.1 Å². The molecule has 2 N–H and O–H groups in total. The van der Waals surface area contributed by atoms with Crippen LogP contribution < -0.4 is 10.6 Å². The van der Waals surface area contributed by atoms with Crippen LogP contribution in [-0.2, 0) is 10.3 Å². The van der Waals surface area contributed by atoms with Crippen LogP contribution in [0.15, 0.2) is 28.8 Å². The van der Waals surface area contributed by atoms with E-state index in [2.05, 4.69) is 10.1 Å². The van der Waals surface area contributed by atoms with Crippen LogP contribution in [0.5, 0.6) is 0 Å². The van der Waals surface area contributed by atoms with Crippen LogP contribution in [0.4, 0.5) is 5.69 Å². The Hall–Kier alpha value is -2.21. The molecule has 6 nitrogen and oxygen atoms in total. The molecule has 1 saturated carbocycles. The van der Waals surface area contributed by atoms with Crippen LogP contribution in [0.3, 0.4) is 0 Å². The second-order valence-electron chi connectivity index (χ2n) is 6.48. The van der Waals surface area contributed by atoms with Crippen LogP contribution in [0, 0.1) is 0 Å². The minimum Gasteiger partial charge on any atom is -0.334 e. The topological polar surface area (TPSA) is 85.2 Å². The van der Waals surface area contributed by atoms with Gasteiger partial charge in [0.15, 0.2) is 5.82 Å². The van der Waals surface area contributed by atoms with E-state index in [0.717, 1.165) is 49.9 Å². The predicted molar refractivity (Wildman–Crippen MR) is 85.7 cm³/mol. The Morgan fingerprint density at radius 1 is 1.13 bits per heavy atom. The number of aromatic nitrogens is 2. The maximum absolute atomic E-state index is 11.8. The smallest absolute Gasteiger partial charge is 0.257 e. The van der Waals surface area contributed by atoms with Crippen molar-refractivity contribution in [3.63, 3.8) is 0 Å². The summed E-state index contributed by atoms with van der Waals surface area (Å²) in [6.07, 6.45) is 5.58. The number of benzene rings is 1. The van der Waals surface area contributed by atoms with Crippen molar-refractivity contribution in [1.29, 1.82) is 0 Å². The first-order valence-electron chi connectivity index (χ1n) is 8.20. The van der Waals surface area contributed by atoms with Gasteiger partial charge in [0.05, 0.1) is 5.54 Å². The lowest BCUT2D eigenvalue weighted by molar-refractivity contribution is -0.117. The van der Waals surface area contributed by atoms with E-state index in [0.29, 0.717) is 18.1 Å². The molecule has 2 aliphatic rings. The van der Waals surface area contributed by atoms with Gasteiger partial charge in [-0.2, -0.15) is 4.98 Å². The molecule has 2 aromatic rings. The monoisotopic (exact) mass is 312 g/mol. The van der Waals surface area contributed by atoms with Gasteiger partial charge in [-0.15, -0.1) is 0 Å². The van der Waals surface area contributed by atoms with Gasteiger partial charge in [-0.3, -0.25) is 4.79 Å². The number of anilines is 1. The Kier molecular flexibility index (Phi) is 3.41. The molecule has 0 spiro atoms. The van der Waals surface area contributed by atoms with Gasteiger partial charge in [0.25, 0.3) is 5.89 Å². The normalized spacial score (nSPS) is 20.4. The molecule has 2 fully saturated rings. The molecule has 2 heterocycles. The summed E-state index contributed by atoms with van der Waals surface area (Å²) < 4.78 is 5.39. The second kappa shape index (κ2) is 5.45. The number of hydrogen-bond donors (Lipinski definition) is 1. The number of hydrogen-bond acceptors (Lipinski definition) is 5.